The second kappa shape index (κ2) is 7.00. The number of fused-ring (bicyclic) bond motifs is 1. The molecule has 2 aliphatic rings. The lowest BCUT2D eigenvalue weighted by atomic mass is 9.89. The van der Waals surface area contributed by atoms with Gasteiger partial charge in [0.25, 0.3) is 0 Å². The quantitative estimate of drug-likeness (QED) is 0.773. The van der Waals surface area contributed by atoms with Crippen molar-refractivity contribution in [1.29, 1.82) is 0 Å². The molecule has 2 fully saturated rings. The topological polar surface area (TPSA) is 65.7 Å². The number of halogens is 1. The average Bonchev–Trinajstić information content (AvgIpc) is 3.33. The Kier molecular flexibility index (Phi) is 4.75. The lowest BCUT2D eigenvalue weighted by Crippen LogP contribution is -2.41. The van der Waals surface area contributed by atoms with Crippen LogP contribution >= 0.6 is 0 Å². The van der Waals surface area contributed by atoms with Gasteiger partial charge in [0.15, 0.2) is 0 Å². The van der Waals surface area contributed by atoms with Crippen LogP contribution < -0.4 is 4.90 Å². The molecule has 1 aromatic heterocycles. The zero-order valence-corrected chi connectivity index (χ0v) is 17.6. The van der Waals surface area contributed by atoms with Gasteiger partial charge in [-0.1, -0.05) is 38.0 Å². The van der Waals surface area contributed by atoms with E-state index in [-0.39, 0.29) is 35.1 Å². The molecule has 0 aliphatic carbocycles. The van der Waals surface area contributed by atoms with Crippen molar-refractivity contribution in [3.05, 3.63) is 41.5 Å². The van der Waals surface area contributed by atoms with Gasteiger partial charge in [-0.3, -0.25) is 0 Å². The minimum absolute atomic E-state index is 0.0481. The number of amides is 2. The minimum atomic E-state index is -0.287. The molecule has 0 bridgehead atoms. The third-order valence-electron chi connectivity index (χ3n) is 5.81. The highest BCUT2D eigenvalue weighted by Gasteiger charge is 2.50. The molecule has 7 nitrogen and oxygen atoms in total. The summed E-state index contributed by atoms with van der Waals surface area (Å²) in [6.45, 7) is 8.16. The van der Waals surface area contributed by atoms with E-state index in [1.54, 1.807) is 25.1 Å². The van der Waals surface area contributed by atoms with E-state index in [1.807, 2.05) is 31.7 Å². The van der Waals surface area contributed by atoms with Crippen molar-refractivity contribution in [2.45, 2.75) is 32.2 Å². The molecule has 0 spiro atoms. The van der Waals surface area contributed by atoms with Gasteiger partial charge < -0.3 is 19.1 Å². The SMILES string of the molecule is CN(C)C(=O)N1C[C@H]2CN(c3nnc(C(C)(C)C)o3)C[C@H]2[C@@H]1c1cccc(F)c1. The fourth-order valence-corrected chi connectivity index (χ4v) is 4.42. The van der Waals surface area contributed by atoms with Crippen LogP contribution in [-0.2, 0) is 5.41 Å². The fourth-order valence-electron chi connectivity index (χ4n) is 4.42. The molecule has 2 saturated heterocycles. The van der Waals surface area contributed by atoms with Gasteiger partial charge in [0.2, 0.25) is 5.89 Å². The second-order valence-electron chi connectivity index (χ2n) is 9.30. The van der Waals surface area contributed by atoms with Crippen molar-refractivity contribution < 1.29 is 13.6 Å². The van der Waals surface area contributed by atoms with Crippen LogP contribution in [0.1, 0.15) is 38.3 Å². The van der Waals surface area contributed by atoms with Crippen LogP contribution in [0.15, 0.2) is 28.7 Å². The standard InChI is InChI=1S/C21H28FN5O2/c1-21(2,3)18-23-24-19(29-18)26-10-14-11-27(20(28)25(4)5)17(16(14)12-26)13-7-6-8-15(22)9-13/h6-9,14,16-17H,10-12H2,1-5H3/t14-,16-,17+/m1/s1. The number of aromatic nitrogens is 2. The normalized spacial score (nSPS) is 24.1. The van der Waals surface area contributed by atoms with Crippen molar-refractivity contribution in [3.8, 4) is 0 Å². The molecule has 3 heterocycles. The first-order valence-electron chi connectivity index (χ1n) is 9.97. The maximum Gasteiger partial charge on any atom is 0.320 e. The number of urea groups is 1. The molecular weight excluding hydrogens is 373 g/mol. The smallest absolute Gasteiger partial charge is 0.320 e. The summed E-state index contributed by atoms with van der Waals surface area (Å²) < 4.78 is 19.9. The molecule has 2 amide bonds. The largest absolute Gasteiger partial charge is 0.407 e. The summed E-state index contributed by atoms with van der Waals surface area (Å²) in [5.74, 6) is 0.753. The Morgan fingerprint density at radius 1 is 1.21 bits per heavy atom. The summed E-state index contributed by atoms with van der Waals surface area (Å²) in [6, 6.07) is 6.87. The van der Waals surface area contributed by atoms with E-state index in [1.165, 1.54) is 12.1 Å². The Morgan fingerprint density at radius 3 is 2.59 bits per heavy atom. The Morgan fingerprint density at radius 2 is 1.97 bits per heavy atom. The van der Waals surface area contributed by atoms with Gasteiger partial charge in [-0.2, -0.15) is 0 Å². The van der Waals surface area contributed by atoms with Crippen molar-refractivity contribution in [3.63, 3.8) is 0 Å². The number of hydrogen-bond donors (Lipinski definition) is 0. The molecule has 3 atom stereocenters. The van der Waals surface area contributed by atoms with E-state index < -0.39 is 0 Å². The number of carbonyl (C=O) groups is 1. The molecule has 4 rings (SSSR count). The van der Waals surface area contributed by atoms with Gasteiger partial charge in [0, 0.05) is 51.0 Å². The monoisotopic (exact) mass is 401 g/mol. The van der Waals surface area contributed by atoms with Crippen molar-refractivity contribution in [2.75, 3.05) is 38.6 Å². The van der Waals surface area contributed by atoms with E-state index in [0.717, 1.165) is 12.1 Å². The molecule has 2 aliphatic heterocycles. The highest BCUT2D eigenvalue weighted by atomic mass is 19.1. The van der Waals surface area contributed by atoms with Crippen LogP contribution in [0.2, 0.25) is 0 Å². The fraction of sp³-hybridized carbons (Fsp3) is 0.571. The predicted octanol–water partition coefficient (Wildman–Crippen LogP) is 3.30. The van der Waals surface area contributed by atoms with Crippen LogP contribution in [0.25, 0.3) is 0 Å². The van der Waals surface area contributed by atoms with Gasteiger partial charge >= 0.3 is 12.0 Å². The van der Waals surface area contributed by atoms with Crippen LogP contribution in [0, 0.1) is 17.7 Å². The van der Waals surface area contributed by atoms with E-state index in [0.29, 0.717) is 25.0 Å². The van der Waals surface area contributed by atoms with Gasteiger partial charge in [0.1, 0.15) is 5.82 Å². The van der Waals surface area contributed by atoms with E-state index in [9.17, 15) is 9.18 Å². The predicted molar refractivity (Wildman–Crippen MR) is 107 cm³/mol. The summed E-state index contributed by atoms with van der Waals surface area (Å²) in [4.78, 5) is 18.4. The van der Waals surface area contributed by atoms with Crippen molar-refractivity contribution in [1.82, 2.24) is 20.0 Å². The Labute approximate surface area is 170 Å². The van der Waals surface area contributed by atoms with Crippen LogP contribution in [-0.4, -0.2) is 59.8 Å². The zero-order chi connectivity index (χ0) is 20.9. The zero-order valence-electron chi connectivity index (χ0n) is 17.6. The lowest BCUT2D eigenvalue weighted by Gasteiger charge is -2.31. The number of likely N-dealkylation sites (tertiary alicyclic amines) is 1. The summed E-state index contributed by atoms with van der Waals surface area (Å²) in [7, 11) is 3.50. The van der Waals surface area contributed by atoms with E-state index in [2.05, 4.69) is 15.1 Å². The summed E-state index contributed by atoms with van der Waals surface area (Å²) in [6.07, 6.45) is 0. The first-order valence-corrected chi connectivity index (χ1v) is 9.97. The maximum absolute atomic E-state index is 13.9. The average molecular weight is 401 g/mol. The first-order chi connectivity index (χ1) is 13.6. The number of rotatable bonds is 2. The number of anilines is 1. The minimum Gasteiger partial charge on any atom is -0.407 e. The molecule has 156 valence electrons. The van der Waals surface area contributed by atoms with Crippen LogP contribution in [0.4, 0.5) is 15.2 Å². The molecule has 0 radical (unpaired) electrons. The van der Waals surface area contributed by atoms with E-state index in [4.69, 9.17) is 4.42 Å². The third kappa shape index (κ3) is 3.56. The van der Waals surface area contributed by atoms with Crippen molar-refractivity contribution >= 4 is 12.0 Å². The van der Waals surface area contributed by atoms with Gasteiger partial charge in [-0.25, -0.2) is 9.18 Å². The summed E-state index contributed by atoms with van der Waals surface area (Å²) in [5.41, 5.74) is 0.621. The first kappa shape index (κ1) is 19.7. The van der Waals surface area contributed by atoms with Crippen LogP contribution in [0.3, 0.4) is 0 Å². The summed E-state index contributed by atoms with van der Waals surface area (Å²) >= 11 is 0. The molecule has 0 N–H and O–H groups in total. The molecule has 29 heavy (non-hydrogen) atoms. The van der Waals surface area contributed by atoms with E-state index >= 15 is 0 Å². The van der Waals surface area contributed by atoms with Gasteiger partial charge in [-0.05, 0) is 17.7 Å². The second-order valence-corrected chi connectivity index (χ2v) is 9.30. The third-order valence-corrected chi connectivity index (χ3v) is 5.81. The molecule has 0 unspecified atom stereocenters. The Bertz CT molecular complexity index is 906. The number of benzene rings is 1. The van der Waals surface area contributed by atoms with Gasteiger partial charge in [-0.15, -0.1) is 5.10 Å². The highest BCUT2D eigenvalue weighted by Crippen LogP contribution is 2.46. The molecule has 0 saturated carbocycles. The maximum atomic E-state index is 13.9. The number of hydrogen-bond acceptors (Lipinski definition) is 5. The highest BCUT2D eigenvalue weighted by molar-refractivity contribution is 5.75. The Balaban J connectivity index is 1.62. The van der Waals surface area contributed by atoms with Crippen molar-refractivity contribution in [2.24, 2.45) is 11.8 Å². The van der Waals surface area contributed by atoms with Crippen LogP contribution in [0.5, 0.6) is 0 Å². The number of nitrogens with zero attached hydrogens (tertiary/aromatic N) is 5. The number of carbonyl (C=O) groups excluding carboxylic acids is 1. The lowest BCUT2D eigenvalue weighted by molar-refractivity contribution is 0.159. The molecule has 8 heteroatoms. The molecular formula is C21H28FN5O2. The Hall–Kier alpha value is -2.64. The molecule has 2 aromatic rings. The summed E-state index contributed by atoms with van der Waals surface area (Å²) in [5, 5.41) is 8.45. The molecule has 1 aromatic carbocycles. The van der Waals surface area contributed by atoms with Gasteiger partial charge in [0.05, 0.1) is 6.04 Å².